The van der Waals surface area contributed by atoms with Gasteiger partial charge in [0.05, 0.1) is 4.90 Å². The number of carbonyl (C=O) groups is 1. The quantitative estimate of drug-likeness (QED) is 0.727. The van der Waals surface area contributed by atoms with Crippen LogP contribution in [-0.2, 0) is 10.0 Å². The first-order valence-corrected chi connectivity index (χ1v) is 11.0. The van der Waals surface area contributed by atoms with E-state index in [1.807, 2.05) is 25.1 Å². The highest BCUT2D eigenvalue weighted by atomic mass is 32.2. The van der Waals surface area contributed by atoms with Crippen LogP contribution < -0.4 is 4.72 Å². The van der Waals surface area contributed by atoms with E-state index in [4.69, 9.17) is 0 Å². The van der Waals surface area contributed by atoms with Crippen molar-refractivity contribution in [2.75, 3.05) is 0 Å². The Kier molecular flexibility index (Phi) is 6.12. The number of carbonyl (C=O) groups excluding carboxylic acids is 1. The number of rotatable bonds is 6. The topological polar surface area (TPSA) is 63.2 Å². The van der Waals surface area contributed by atoms with E-state index < -0.39 is 10.0 Å². The summed E-state index contributed by atoms with van der Waals surface area (Å²) in [7, 11) is -3.64. The van der Waals surface area contributed by atoms with Crippen LogP contribution in [0.4, 0.5) is 0 Å². The Morgan fingerprint density at radius 3 is 2.33 bits per heavy atom. The molecule has 1 saturated carbocycles. The molecule has 5 heteroatoms. The predicted molar refractivity (Wildman–Crippen MR) is 107 cm³/mol. The Hall–Kier alpha value is -1.98. The highest BCUT2D eigenvalue weighted by Crippen LogP contribution is 2.35. The minimum Gasteiger partial charge on any atom is -0.295 e. The van der Waals surface area contributed by atoms with Gasteiger partial charge in [-0.1, -0.05) is 55.2 Å². The molecule has 0 aliphatic heterocycles. The van der Waals surface area contributed by atoms with Crippen molar-refractivity contribution in [3.05, 3.63) is 65.2 Å². The van der Waals surface area contributed by atoms with Crippen molar-refractivity contribution < 1.29 is 13.2 Å². The second kappa shape index (κ2) is 8.36. The van der Waals surface area contributed by atoms with E-state index in [1.54, 1.807) is 30.3 Å². The lowest BCUT2D eigenvalue weighted by Gasteiger charge is -2.31. The molecule has 2 aromatic carbocycles. The number of sulfonamides is 1. The zero-order chi connectivity index (χ0) is 19.4. The van der Waals surface area contributed by atoms with E-state index in [9.17, 15) is 13.2 Å². The van der Waals surface area contributed by atoms with Gasteiger partial charge in [0.25, 0.3) is 0 Å². The van der Waals surface area contributed by atoms with Crippen molar-refractivity contribution in [2.24, 2.45) is 5.92 Å². The molecule has 0 radical (unpaired) electrons. The highest BCUT2D eigenvalue weighted by Gasteiger charge is 2.30. The highest BCUT2D eigenvalue weighted by molar-refractivity contribution is 7.89. The van der Waals surface area contributed by atoms with Gasteiger partial charge in [-0.25, -0.2) is 13.1 Å². The minimum absolute atomic E-state index is 0.0133. The monoisotopic (exact) mass is 385 g/mol. The van der Waals surface area contributed by atoms with Gasteiger partial charge in [-0.3, -0.25) is 4.79 Å². The third kappa shape index (κ3) is 4.85. The second-order valence-electron chi connectivity index (χ2n) is 7.49. The van der Waals surface area contributed by atoms with Crippen molar-refractivity contribution >= 4 is 15.8 Å². The SMILES string of the molecule is CC(=O)c1cccc(C(NS(=O)(=O)c2ccc(C)cc2)C2CCCCC2)c1. The third-order valence-corrected chi connectivity index (χ3v) is 6.84. The molecule has 2 aromatic rings. The van der Waals surface area contributed by atoms with Crippen LogP contribution in [0.15, 0.2) is 53.4 Å². The van der Waals surface area contributed by atoms with Gasteiger partial charge in [-0.2, -0.15) is 0 Å². The first kappa shape index (κ1) is 19.8. The predicted octanol–water partition coefficient (Wildman–Crippen LogP) is 4.80. The van der Waals surface area contributed by atoms with Crippen molar-refractivity contribution in [3.63, 3.8) is 0 Å². The lowest BCUT2D eigenvalue weighted by atomic mass is 9.81. The van der Waals surface area contributed by atoms with E-state index in [2.05, 4.69) is 4.72 Å². The summed E-state index contributed by atoms with van der Waals surface area (Å²) < 4.78 is 29.0. The Morgan fingerprint density at radius 1 is 1.04 bits per heavy atom. The number of nitrogens with one attached hydrogen (secondary N) is 1. The summed E-state index contributed by atoms with van der Waals surface area (Å²) in [6.07, 6.45) is 5.40. The summed E-state index contributed by atoms with van der Waals surface area (Å²) in [5.74, 6) is 0.224. The van der Waals surface area contributed by atoms with Gasteiger partial charge in [0.2, 0.25) is 10.0 Å². The summed E-state index contributed by atoms with van der Waals surface area (Å²) in [5, 5.41) is 0. The summed E-state index contributed by atoms with van der Waals surface area (Å²) >= 11 is 0. The molecule has 0 spiro atoms. The summed E-state index contributed by atoms with van der Waals surface area (Å²) in [6, 6.07) is 13.9. The standard InChI is InChI=1S/C22H27NO3S/c1-16-11-13-21(14-12-16)27(25,26)23-22(18-7-4-3-5-8-18)20-10-6-9-19(15-20)17(2)24/h6,9-15,18,22-23H,3-5,7-8H2,1-2H3. The normalized spacial score (nSPS) is 16.8. The Balaban J connectivity index is 1.96. The molecule has 27 heavy (non-hydrogen) atoms. The van der Waals surface area contributed by atoms with E-state index in [0.29, 0.717) is 5.56 Å². The van der Waals surface area contributed by atoms with Crippen LogP contribution in [0, 0.1) is 12.8 Å². The molecule has 1 aliphatic carbocycles. The van der Waals surface area contributed by atoms with Crippen LogP contribution in [0.25, 0.3) is 0 Å². The van der Waals surface area contributed by atoms with Crippen LogP contribution in [0.3, 0.4) is 0 Å². The third-order valence-electron chi connectivity index (χ3n) is 5.39. The molecule has 1 unspecified atom stereocenters. The van der Waals surface area contributed by atoms with Gasteiger partial charge in [0, 0.05) is 11.6 Å². The molecule has 144 valence electrons. The van der Waals surface area contributed by atoms with E-state index in [0.717, 1.165) is 36.8 Å². The van der Waals surface area contributed by atoms with Crippen molar-refractivity contribution in [1.29, 1.82) is 0 Å². The number of hydrogen-bond acceptors (Lipinski definition) is 3. The van der Waals surface area contributed by atoms with Crippen molar-refractivity contribution in [1.82, 2.24) is 4.72 Å². The van der Waals surface area contributed by atoms with Crippen molar-refractivity contribution in [2.45, 2.75) is 56.9 Å². The molecule has 1 atom stereocenters. The Morgan fingerprint density at radius 2 is 1.70 bits per heavy atom. The molecule has 3 rings (SSSR count). The maximum atomic E-state index is 13.0. The summed E-state index contributed by atoms with van der Waals surface area (Å²) in [6.45, 7) is 3.47. The first-order valence-electron chi connectivity index (χ1n) is 9.57. The molecule has 1 N–H and O–H groups in total. The molecular formula is C22H27NO3S. The fraction of sp³-hybridized carbons (Fsp3) is 0.409. The first-order chi connectivity index (χ1) is 12.9. The largest absolute Gasteiger partial charge is 0.295 e. The molecule has 4 nitrogen and oxygen atoms in total. The van der Waals surface area contributed by atoms with Gasteiger partial charge >= 0.3 is 0 Å². The number of ketones is 1. The molecule has 0 aromatic heterocycles. The fourth-order valence-electron chi connectivity index (χ4n) is 3.81. The number of hydrogen-bond donors (Lipinski definition) is 1. The molecule has 1 aliphatic rings. The zero-order valence-corrected chi connectivity index (χ0v) is 16.8. The van der Waals surface area contributed by atoms with Crippen LogP contribution in [0.2, 0.25) is 0 Å². The number of Topliss-reactive ketones (excluding diaryl/α,β-unsaturated/α-hetero) is 1. The van der Waals surface area contributed by atoms with Gasteiger partial charge in [-0.05, 0) is 56.4 Å². The van der Waals surface area contributed by atoms with E-state index in [1.165, 1.54) is 13.3 Å². The maximum Gasteiger partial charge on any atom is 0.241 e. The lowest BCUT2D eigenvalue weighted by molar-refractivity contribution is 0.101. The Bertz CT molecular complexity index is 897. The second-order valence-corrected chi connectivity index (χ2v) is 9.21. The summed E-state index contributed by atoms with van der Waals surface area (Å²) in [4.78, 5) is 12.1. The molecule has 0 heterocycles. The van der Waals surface area contributed by atoms with Crippen LogP contribution in [0.1, 0.15) is 66.6 Å². The van der Waals surface area contributed by atoms with Gasteiger partial charge < -0.3 is 0 Å². The van der Waals surface area contributed by atoms with Crippen LogP contribution in [0.5, 0.6) is 0 Å². The molecule has 0 bridgehead atoms. The van der Waals surface area contributed by atoms with Gasteiger partial charge in [-0.15, -0.1) is 0 Å². The molecule has 0 amide bonds. The maximum absolute atomic E-state index is 13.0. The lowest BCUT2D eigenvalue weighted by Crippen LogP contribution is -2.34. The molecule has 0 saturated heterocycles. The smallest absolute Gasteiger partial charge is 0.241 e. The van der Waals surface area contributed by atoms with E-state index in [-0.39, 0.29) is 22.6 Å². The van der Waals surface area contributed by atoms with Gasteiger partial charge in [0.15, 0.2) is 5.78 Å². The Labute approximate surface area is 162 Å². The molecular weight excluding hydrogens is 358 g/mol. The zero-order valence-electron chi connectivity index (χ0n) is 15.9. The van der Waals surface area contributed by atoms with Crippen LogP contribution >= 0.6 is 0 Å². The fourth-order valence-corrected chi connectivity index (χ4v) is 5.10. The summed E-state index contributed by atoms with van der Waals surface area (Å²) in [5.41, 5.74) is 2.50. The average molecular weight is 386 g/mol. The van der Waals surface area contributed by atoms with E-state index >= 15 is 0 Å². The van der Waals surface area contributed by atoms with Crippen LogP contribution in [-0.4, -0.2) is 14.2 Å². The molecule has 1 fully saturated rings. The minimum atomic E-state index is -3.64. The average Bonchev–Trinajstić information content (AvgIpc) is 2.67. The van der Waals surface area contributed by atoms with Crippen molar-refractivity contribution in [3.8, 4) is 0 Å². The number of aryl methyl sites for hydroxylation is 1. The number of benzene rings is 2. The van der Waals surface area contributed by atoms with Gasteiger partial charge in [0.1, 0.15) is 0 Å².